The molecule has 0 aromatic heterocycles. The number of rotatable bonds is 6. The van der Waals surface area contributed by atoms with Crippen molar-refractivity contribution in [2.24, 2.45) is 5.84 Å². The van der Waals surface area contributed by atoms with Crippen molar-refractivity contribution in [2.75, 3.05) is 0 Å². The predicted octanol–water partition coefficient (Wildman–Crippen LogP) is 3.39. The fourth-order valence-electron chi connectivity index (χ4n) is 1.93. The van der Waals surface area contributed by atoms with Crippen LogP contribution in [0.1, 0.15) is 55.3 Å². The van der Waals surface area contributed by atoms with Crippen molar-refractivity contribution in [2.45, 2.75) is 52.5 Å². The molecule has 0 saturated carbocycles. The Hall–Kier alpha value is -0.860. The molecular weight excluding hydrogens is 196 g/mol. The molecule has 90 valence electrons. The van der Waals surface area contributed by atoms with E-state index in [0.717, 1.165) is 6.42 Å². The summed E-state index contributed by atoms with van der Waals surface area (Å²) in [7, 11) is 0. The normalized spacial score (nSPS) is 12.8. The average Bonchev–Trinajstić information content (AvgIpc) is 2.29. The van der Waals surface area contributed by atoms with E-state index in [9.17, 15) is 0 Å². The van der Waals surface area contributed by atoms with Crippen LogP contribution in [0.4, 0.5) is 0 Å². The first kappa shape index (κ1) is 13.2. The standard InChI is InChI=1S/C14H24N2/c1-4-5-6-7-14(16-15)13-9-8-11(2)12(3)10-13/h8-10,14,16H,4-7,15H2,1-3H3. The topological polar surface area (TPSA) is 38.0 Å². The van der Waals surface area contributed by atoms with Gasteiger partial charge in [0.25, 0.3) is 0 Å². The van der Waals surface area contributed by atoms with Crippen LogP contribution >= 0.6 is 0 Å². The molecule has 0 aliphatic heterocycles. The highest BCUT2D eigenvalue weighted by Gasteiger charge is 2.09. The maximum atomic E-state index is 5.63. The second kappa shape index (κ2) is 6.66. The Kier molecular flexibility index (Phi) is 5.50. The van der Waals surface area contributed by atoms with Crippen LogP contribution in [0.15, 0.2) is 18.2 Å². The van der Waals surface area contributed by atoms with Crippen molar-refractivity contribution in [3.63, 3.8) is 0 Å². The Bertz CT molecular complexity index is 321. The van der Waals surface area contributed by atoms with E-state index in [1.165, 1.54) is 36.0 Å². The molecule has 16 heavy (non-hydrogen) atoms. The first-order chi connectivity index (χ1) is 7.69. The third-order valence-electron chi connectivity index (χ3n) is 3.23. The van der Waals surface area contributed by atoms with Gasteiger partial charge < -0.3 is 0 Å². The third-order valence-corrected chi connectivity index (χ3v) is 3.23. The minimum atomic E-state index is 0.297. The molecule has 1 unspecified atom stereocenters. The molecule has 0 fully saturated rings. The smallest absolute Gasteiger partial charge is 0.0460 e. The van der Waals surface area contributed by atoms with Gasteiger partial charge in [0.2, 0.25) is 0 Å². The van der Waals surface area contributed by atoms with Gasteiger partial charge in [-0.25, -0.2) is 0 Å². The van der Waals surface area contributed by atoms with Crippen molar-refractivity contribution in [1.29, 1.82) is 0 Å². The Labute approximate surface area is 99.2 Å². The first-order valence-electron chi connectivity index (χ1n) is 6.22. The van der Waals surface area contributed by atoms with Gasteiger partial charge in [-0.05, 0) is 37.0 Å². The minimum Gasteiger partial charge on any atom is -0.271 e. The molecule has 0 amide bonds. The SMILES string of the molecule is CCCCCC(NN)c1ccc(C)c(C)c1. The number of hydrogen-bond acceptors (Lipinski definition) is 2. The van der Waals surface area contributed by atoms with Gasteiger partial charge in [-0.15, -0.1) is 0 Å². The number of nitrogens with one attached hydrogen (secondary N) is 1. The summed E-state index contributed by atoms with van der Waals surface area (Å²) in [5.41, 5.74) is 6.91. The second-order valence-corrected chi connectivity index (χ2v) is 4.56. The van der Waals surface area contributed by atoms with Gasteiger partial charge in [0.05, 0.1) is 0 Å². The Morgan fingerprint density at radius 2 is 1.94 bits per heavy atom. The fourth-order valence-corrected chi connectivity index (χ4v) is 1.93. The second-order valence-electron chi connectivity index (χ2n) is 4.56. The molecule has 0 bridgehead atoms. The average molecular weight is 220 g/mol. The van der Waals surface area contributed by atoms with E-state index in [2.05, 4.69) is 44.4 Å². The van der Waals surface area contributed by atoms with Crippen LogP contribution in [-0.2, 0) is 0 Å². The van der Waals surface area contributed by atoms with Crippen molar-refractivity contribution >= 4 is 0 Å². The monoisotopic (exact) mass is 220 g/mol. The van der Waals surface area contributed by atoms with Crippen LogP contribution in [0.2, 0.25) is 0 Å². The molecule has 0 spiro atoms. The lowest BCUT2D eigenvalue weighted by molar-refractivity contribution is 0.486. The van der Waals surface area contributed by atoms with E-state index >= 15 is 0 Å². The van der Waals surface area contributed by atoms with E-state index in [1.54, 1.807) is 0 Å². The summed E-state index contributed by atoms with van der Waals surface area (Å²) < 4.78 is 0. The van der Waals surface area contributed by atoms with Crippen molar-refractivity contribution in [1.82, 2.24) is 5.43 Å². The van der Waals surface area contributed by atoms with E-state index in [0.29, 0.717) is 6.04 Å². The van der Waals surface area contributed by atoms with E-state index in [1.807, 2.05) is 0 Å². The molecule has 2 heteroatoms. The molecule has 0 aliphatic carbocycles. The fraction of sp³-hybridized carbons (Fsp3) is 0.571. The van der Waals surface area contributed by atoms with Gasteiger partial charge >= 0.3 is 0 Å². The Morgan fingerprint density at radius 1 is 1.19 bits per heavy atom. The quantitative estimate of drug-likeness (QED) is 0.438. The van der Waals surface area contributed by atoms with Crippen LogP contribution in [0.5, 0.6) is 0 Å². The Morgan fingerprint density at radius 3 is 2.50 bits per heavy atom. The highest BCUT2D eigenvalue weighted by Crippen LogP contribution is 2.21. The van der Waals surface area contributed by atoms with Gasteiger partial charge in [-0.2, -0.15) is 0 Å². The number of unbranched alkanes of at least 4 members (excludes halogenated alkanes) is 2. The summed E-state index contributed by atoms with van der Waals surface area (Å²) in [5.74, 6) is 5.63. The largest absolute Gasteiger partial charge is 0.271 e. The zero-order chi connectivity index (χ0) is 12.0. The molecule has 1 aromatic carbocycles. The summed E-state index contributed by atoms with van der Waals surface area (Å²) in [6.45, 7) is 6.51. The van der Waals surface area contributed by atoms with Crippen LogP contribution in [-0.4, -0.2) is 0 Å². The predicted molar refractivity (Wildman–Crippen MR) is 70.1 cm³/mol. The number of benzene rings is 1. The maximum Gasteiger partial charge on any atom is 0.0460 e. The summed E-state index contributed by atoms with van der Waals surface area (Å²) in [4.78, 5) is 0. The van der Waals surface area contributed by atoms with Gasteiger partial charge in [0.1, 0.15) is 0 Å². The molecule has 0 radical (unpaired) electrons. The van der Waals surface area contributed by atoms with Crippen molar-refractivity contribution < 1.29 is 0 Å². The summed E-state index contributed by atoms with van der Waals surface area (Å²) in [6.07, 6.45) is 4.89. The van der Waals surface area contributed by atoms with E-state index in [4.69, 9.17) is 5.84 Å². The Balaban J connectivity index is 2.67. The number of hydrazine groups is 1. The molecule has 1 atom stereocenters. The third kappa shape index (κ3) is 3.62. The molecule has 0 heterocycles. The number of nitrogens with two attached hydrogens (primary N) is 1. The van der Waals surface area contributed by atoms with Crippen molar-refractivity contribution in [3.8, 4) is 0 Å². The van der Waals surface area contributed by atoms with E-state index in [-0.39, 0.29) is 0 Å². The molecule has 3 N–H and O–H groups in total. The molecular formula is C14H24N2. The molecule has 0 aliphatic rings. The molecule has 0 saturated heterocycles. The minimum absolute atomic E-state index is 0.297. The van der Waals surface area contributed by atoms with Crippen molar-refractivity contribution in [3.05, 3.63) is 34.9 Å². The number of aryl methyl sites for hydroxylation is 2. The van der Waals surface area contributed by atoms with Crippen LogP contribution < -0.4 is 11.3 Å². The zero-order valence-corrected chi connectivity index (χ0v) is 10.7. The lowest BCUT2D eigenvalue weighted by Crippen LogP contribution is -2.28. The van der Waals surface area contributed by atoms with Gasteiger partial charge in [-0.1, -0.05) is 44.4 Å². The van der Waals surface area contributed by atoms with Crippen LogP contribution in [0.25, 0.3) is 0 Å². The number of hydrogen-bond donors (Lipinski definition) is 2. The highest BCUT2D eigenvalue weighted by molar-refractivity contribution is 5.31. The first-order valence-corrected chi connectivity index (χ1v) is 6.22. The zero-order valence-electron chi connectivity index (χ0n) is 10.7. The maximum absolute atomic E-state index is 5.63. The summed E-state index contributed by atoms with van der Waals surface area (Å²) >= 11 is 0. The lowest BCUT2D eigenvalue weighted by Gasteiger charge is -2.17. The molecule has 2 nitrogen and oxygen atoms in total. The van der Waals surface area contributed by atoms with Gasteiger partial charge in [-0.3, -0.25) is 11.3 Å². The van der Waals surface area contributed by atoms with Gasteiger partial charge in [0.15, 0.2) is 0 Å². The molecule has 1 aromatic rings. The van der Waals surface area contributed by atoms with Crippen LogP contribution in [0.3, 0.4) is 0 Å². The summed E-state index contributed by atoms with van der Waals surface area (Å²) in [6, 6.07) is 6.89. The van der Waals surface area contributed by atoms with Crippen LogP contribution in [0, 0.1) is 13.8 Å². The lowest BCUT2D eigenvalue weighted by atomic mass is 9.97. The van der Waals surface area contributed by atoms with E-state index < -0.39 is 0 Å². The summed E-state index contributed by atoms with van der Waals surface area (Å²) in [5, 5.41) is 0. The molecule has 1 rings (SSSR count). The van der Waals surface area contributed by atoms with Gasteiger partial charge in [0, 0.05) is 6.04 Å². The highest BCUT2D eigenvalue weighted by atomic mass is 15.2.